The van der Waals surface area contributed by atoms with Crippen molar-refractivity contribution in [2.75, 3.05) is 26.2 Å². The first-order valence-corrected chi connectivity index (χ1v) is 9.51. The first-order valence-electron chi connectivity index (χ1n) is 8.63. The molecular formula is C18H20F3N3O2S. The Morgan fingerprint density at radius 2 is 2.07 bits per heavy atom. The number of carbonyl (C=O) groups excluding carboxylic acids is 1. The lowest BCUT2D eigenvalue weighted by molar-refractivity contribution is -0.154. The summed E-state index contributed by atoms with van der Waals surface area (Å²) in [6.07, 6.45) is -0.903. The topological polar surface area (TPSA) is 54.5 Å². The zero-order valence-corrected chi connectivity index (χ0v) is 15.4. The SMILES string of the molecule is O=C(NCC(c1cccs1)N1CCCC1)c1ccc(OCC(F)(F)F)nc1. The fraction of sp³-hybridized carbons (Fsp3) is 0.444. The normalized spacial score (nSPS) is 16.3. The Balaban J connectivity index is 1.57. The van der Waals surface area contributed by atoms with Crippen molar-refractivity contribution in [3.05, 3.63) is 46.3 Å². The summed E-state index contributed by atoms with van der Waals surface area (Å²) in [7, 11) is 0. The Bertz CT molecular complexity index is 729. The summed E-state index contributed by atoms with van der Waals surface area (Å²) in [4.78, 5) is 19.7. The molecule has 0 aliphatic carbocycles. The van der Waals surface area contributed by atoms with Gasteiger partial charge in [0.05, 0.1) is 11.6 Å². The van der Waals surface area contributed by atoms with Crippen LogP contribution < -0.4 is 10.1 Å². The lowest BCUT2D eigenvalue weighted by atomic mass is 10.2. The molecule has 2 aromatic heterocycles. The molecule has 0 spiro atoms. The number of ether oxygens (including phenoxy) is 1. The smallest absolute Gasteiger partial charge is 0.422 e. The van der Waals surface area contributed by atoms with E-state index >= 15 is 0 Å². The van der Waals surface area contributed by atoms with E-state index in [0.717, 1.165) is 25.9 Å². The Labute approximate surface area is 159 Å². The minimum absolute atomic E-state index is 0.124. The Morgan fingerprint density at radius 3 is 2.67 bits per heavy atom. The summed E-state index contributed by atoms with van der Waals surface area (Å²) in [5.74, 6) is -0.483. The molecule has 0 bridgehead atoms. The quantitative estimate of drug-likeness (QED) is 0.772. The molecule has 0 saturated carbocycles. The van der Waals surface area contributed by atoms with Crippen molar-refractivity contribution in [2.45, 2.75) is 25.1 Å². The number of aromatic nitrogens is 1. The molecule has 1 atom stereocenters. The molecule has 27 heavy (non-hydrogen) atoms. The van der Waals surface area contributed by atoms with Crippen LogP contribution in [0.3, 0.4) is 0 Å². The third-order valence-electron chi connectivity index (χ3n) is 4.29. The third kappa shape index (κ3) is 5.67. The molecule has 146 valence electrons. The van der Waals surface area contributed by atoms with Gasteiger partial charge in [0.1, 0.15) is 0 Å². The summed E-state index contributed by atoms with van der Waals surface area (Å²) < 4.78 is 41.0. The van der Waals surface area contributed by atoms with Gasteiger partial charge in [0.2, 0.25) is 5.88 Å². The van der Waals surface area contributed by atoms with Crippen LogP contribution in [0.4, 0.5) is 13.2 Å². The molecule has 1 amide bonds. The van der Waals surface area contributed by atoms with Crippen molar-refractivity contribution in [1.29, 1.82) is 0 Å². The molecule has 2 aromatic rings. The number of nitrogens with zero attached hydrogens (tertiary/aromatic N) is 2. The molecule has 1 N–H and O–H groups in total. The van der Waals surface area contributed by atoms with Gasteiger partial charge in [-0.1, -0.05) is 6.07 Å². The molecule has 3 heterocycles. The molecule has 1 aliphatic heterocycles. The van der Waals surface area contributed by atoms with Crippen LogP contribution >= 0.6 is 11.3 Å². The summed E-state index contributed by atoms with van der Waals surface area (Å²) in [6, 6.07) is 6.85. The first kappa shape index (κ1) is 19.6. The molecule has 1 saturated heterocycles. The van der Waals surface area contributed by atoms with Crippen molar-refractivity contribution in [1.82, 2.24) is 15.2 Å². The highest BCUT2D eigenvalue weighted by Crippen LogP contribution is 2.28. The van der Waals surface area contributed by atoms with Crippen LogP contribution in [0.25, 0.3) is 0 Å². The van der Waals surface area contributed by atoms with Crippen LogP contribution in [-0.2, 0) is 0 Å². The van der Waals surface area contributed by atoms with Crippen molar-refractivity contribution in [3.63, 3.8) is 0 Å². The second kappa shape index (κ2) is 8.71. The van der Waals surface area contributed by atoms with Crippen molar-refractivity contribution >= 4 is 17.2 Å². The Morgan fingerprint density at radius 1 is 1.30 bits per heavy atom. The maximum absolute atomic E-state index is 12.4. The van der Waals surface area contributed by atoms with E-state index in [9.17, 15) is 18.0 Å². The van der Waals surface area contributed by atoms with Gasteiger partial charge in [-0.2, -0.15) is 13.2 Å². The van der Waals surface area contributed by atoms with Gasteiger partial charge in [0.25, 0.3) is 5.91 Å². The second-order valence-corrected chi connectivity index (χ2v) is 7.25. The number of hydrogen-bond acceptors (Lipinski definition) is 5. The zero-order chi connectivity index (χ0) is 19.3. The fourth-order valence-electron chi connectivity index (χ4n) is 2.99. The molecule has 5 nitrogen and oxygen atoms in total. The number of amides is 1. The van der Waals surface area contributed by atoms with Gasteiger partial charge in [-0.25, -0.2) is 4.98 Å². The Hall–Kier alpha value is -2.13. The number of halogens is 3. The van der Waals surface area contributed by atoms with Crippen LogP contribution in [-0.4, -0.2) is 48.2 Å². The van der Waals surface area contributed by atoms with Gasteiger partial charge in [0, 0.05) is 23.7 Å². The highest BCUT2D eigenvalue weighted by Gasteiger charge is 2.28. The van der Waals surface area contributed by atoms with E-state index in [0.29, 0.717) is 6.54 Å². The van der Waals surface area contributed by atoms with E-state index in [-0.39, 0.29) is 23.4 Å². The average molecular weight is 399 g/mol. The van der Waals surface area contributed by atoms with Gasteiger partial charge in [-0.3, -0.25) is 9.69 Å². The number of carbonyl (C=O) groups is 1. The maximum Gasteiger partial charge on any atom is 0.422 e. The highest BCUT2D eigenvalue weighted by molar-refractivity contribution is 7.10. The standard InChI is InChI=1S/C18H20F3N3O2S/c19-18(20,21)12-26-16-6-5-13(10-22-16)17(25)23-11-14(15-4-3-9-27-15)24-7-1-2-8-24/h3-6,9-10,14H,1-2,7-8,11-12H2,(H,23,25). The Kier molecular flexibility index (Phi) is 6.33. The predicted octanol–water partition coefficient (Wildman–Crippen LogP) is 3.65. The van der Waals surface area contributed by atoms with Crippen molar-refractivity contribution in [3.8, 4) is 5.88 Å². The van der Waals surface area contributed by atoms with Crippen LogP contribution in [0.15, 0.2) is 35.8 Å². The zero-order valence-electron chi connectivity index (χ0n) is 14.5. The second-order valence-electron chi connectivity index (χ2n) is 6.27. The average Bonchev–Trinajstić information content (AvgIpc) is 3.34. The minimum Gasteiger partial charge on any atom is -0.468 e. The van der Waals surface area contributed by atoms with Gasteiger partial charge in [-0.05, 0) is 43.4 Å². The lowest BCUT2D eigenvalue weighted by Gasteiger charge is -2.26. The lowest BCUT2D eigenvalue weighted by Crippen LogP contribution is -2.36. The van der Waals surface area contributed by atoms with Gasteiger partial charge < -0.3 is 10.1 Å². The molecule has 9 heteroatoms. The van der Waals surface area contributed by atoms with Gasteiger partial charge in [0.15, 0.2) is 6.61 Å². The predicted molar refractivity (Wildman–Crippen MR) is 96.0 cm³/mol. The monoisotopic (exact) mass is 399 g/mol. The third-order valence-corrected chi connectivity index (χ3v) is 5.26. The van der Waals surface area contributed by atoms with E-state index in [2.05, 4.69) is 26.0 Å². The number of alkyl halides is 3. The molecular weight excluding hydrogens is 379 g/mol. The number of nitrogens with one attached hydrogen (secondary N) is 1. The summed E-state index contributed by atoms with van der Waals surface area (Å²) in [5, 5.41) is 4.92. The van der Waals surface area contributed by atoms with E-state index in [1.807, 2.05) is 11.4 Å². The highest BCUT2D eigenvalue weighted by atomic mass is 32.1. The van der Waals surface area contributed by atoms with E-state index in [1.165, 1.54) is 23.2 Å². The summed E-state index contributed by atoms with van der Waals surface area (Å²) in [6.45, 7) is 1.06. The summed E-state index contributed by atoms with van der Waals surface area (Å²) in [5.41, 5.74) is 0.278. The molecule has 1 unspecified atom stereocenters. The maximum atomic E-state index is 12.4. The first-order chi connectivity index (χ1) is 12.9. The number of rotatable bonds is 7. The number of hydrogen-bond donors (Lipinski definition) is 1. The van der Waals surface area contributed by atoms with E-state index in [4.69, 9.17) is 0 Å². The fourth-order valence-corrected chi connectivity index (χ4v) is 3.85. The molecule has 0 radical (unpaired) electrons. The molecule has 3 rings (SSSR count). The van der Waals surface area contributed by atoms with Crippen molar-refractivity contribution < 1.29 is 22.7 Å². The summed E-state index contributed by atoms with van der Waals surface area (Å²) >= 11 is 1.66. The van der Waals surface area contributed by atoms with Crippen molar-refractivity contribution in [2.24, 2.45) is 0 Å². The molecule has 1 aliphatic rings. The number of likely N-dealkylation sites (tertiary alicyclic amines) is 1. The van der Waals surface area contributed by atoms with E-state index < -0.39 is 12.8 Å². The van der Waals surface area contributed by atoms with Gasteiger partial charge in [-0.15, -0.1) is 11.3 Å². The van der Waals surface area contributed by atoms with Crippen LogP contribution in [0.2, 0.25) is 0 Å². The van der Waals surface area contributed by atoms with Crippen LogP contribution in [0, 0.1) is 0 Å². The van der Waals surface area contributed by atoms with Gasteiger partial charge >= 0.3 is 6.18 Å². The van der Waals surface area contributed by atoms with Crippen LogP contribution in [0.1, 0.15) is 34.1 Å². The van der Waals surface area contributed by atoms with E-state index in [1.54, 1.807) is 11.3 Å². The molecule has 1 fully saturated rings. The molecule has 0 aromatic carbocycles. The number of pyridine rings is 1. The minimum atomic E-state index is -4.43. The largest absolute Gasteiger partial charge is 0.468 e. The van der Waals surface area contributed by atoms with Crippen LogP contribution in [0.5, 0.6) is 5.88 Å². The number of thiophene rings is 1.